The summed E-state index contributed by atoms with van der Waals surface area (Å²) in [5.41, 5.74) is 2.24. The van der Waals surface area contributed by atoms with Crippen LogP contribution in [-0.2, 0) is 13.0 Å². The Kier molecular flexibility index (Phi) is 5.50. The number of pyridine rings is 1. The number of H-pyrrole nitrogens is 1. The minimum absolute atomic E-state index is 0.257. The molecule has 23 heavy (non-hydrogen) atoms. The van der Waals surface area contributed by atoms with Crippen LogP contribution in [0, 0.1) is 13.8 Å². The van der Waals surface area contributed by atoms with Crippen LogP contribution in [0.4, 0.5) is 0 Å². The van der Waals surface area contributed by atoms with Gasteiger partial charge in [-0.2, -0.15) is 0 Å². The standard InChI is InChI=1S/C17H24N4O2/c1-12-6-5-7-18-15(12)11-14(3)20(4)8-9-21-16(22)10-13(2)19-17(21)23/h5-7,10,14H,8-9,11H2,1-4H3,(H,19,23). The van der Waals surface area contributed by atoms with Crippen LogP contribution in [-0.4, -0.2) is 39.1 Å². The summed E-state index contributed by atoms with van der Waals surface area (Å²) in [6.07, 6.45) is 2.64. The number of hydrogen-bond acceptors (Lipinski definition) is 4. The summed E-state index contributed by atoms with van der Waals surface area (Å²) < 4.78 is 1.24. The summed E-state index contributed by atoms with van der Waals surface area (Å²) in [7, 11) is 2.00. The van der Waals surface area contributed by atoms with Gasteiger partial charge in [0.05, 0.1) is 0 Å². The van der Waals surface area contributed by atoms with Crippen molar-refractivity contribution in [2.24, 2.45) is 0 Å². The fourth-order valence-electron chi connectivity index (χ4n) is 2.49. The molecule has 2 aromatic heterocycles. The Morgan fingerprint density at radius 3 is 2.74 bits per heavy atom. The van der Waals surface area contributed by atoms with E-state index in [-0.39, 0.29) is 17.3 Å². The fraction of sp³-hybridized carbons (Fsp3) is 0.471. The van der Waals surface area contributed by atoms with Crippen molar-refractivity contribution in [3.05, 3.63) is 62.2 Å². The molecule has 2 heterocycles. The molecule has 0 aliphatic heterocycles. The van der Waals surface area contributed by atoms with Gasteiger partial charge >= 0.3 is 5.69 Å². The second-order valence-corrected chi connectivity index (χ2v) is 6.05. The molecule has 0 radical (unpaired) electrons. The van der Waals surface area contributed by atoms with E-state index in [9.17, 15) is 9.59 Å². The Hall–Kier alpha value is -2.21. The molecule has 2 rings (SSSR count). The quantitative estimate of drug-likeness (QED) is 0.867. The molecule has 0 aliphatic rings. The van der Waals surface area contributed by atoms with Gasteiger partial charge in [0.2, 0.25) is 0 Å². The number of aromatic nitrogens is 3. The first kappa shape index (κ1) is 17.1. The van der Waals surface area contributed by atoms with Crippen molar-refractivity contribution < 1.29 is 0 Å². The van der Waals surface area contributed by atoms with Gasteiger partial charge in [-0.05, 0) is 39.4 Å². The lowest BCUT2D eigenvalue weighted by atomic mass is 10.1. The van der Waals surface area contributed by atoms with E-state index in [0.29, 0.717) is 18.8 Å². The van der Waals surface area contributed by atoms with E-state index in [1.807, 2.05) is 13.1 Å². The molecule has 6 heteroatoms. The normalized spacial score (nSPS) is 12.6. The smallest absolute Gasteiger partial charge is 0.311 e. The van der Waals surface area contributed by atoms with Crippen LogP contribution in [0.1, 0.15) is 23.9 Å². The number of aryl methyl sites for hydroxylation is 2. The molecule has 124 valence electrons. The lowest BCUT2D eigenvalue weighted by Crippen LogP contribution is -2.40. The molecule has 0 spiro atoms. The summed E-state index contributed by atoms with van der Waals surface area (Å²) in [5, 5.41) is 0. The average molecular weight is 316 g/mol. The van der Waals surface area contributed by atoms with E-state index >= 15 is 0 Å². The molecule has 0 fully saturated rings. The molecule has 0 saturated heterocycles. The lowest BCUT2D eigenvalue weighted by Gasteiger charge is -2.25. The van der Waals surface area contributed by atoms with Gasteiger partial charge in [-0.3, -0.25) is 14.3 Å². The molecule has 0 amide bonds. The van der Waals surface area contributed by atoms with E-state index in [2.05, 4.69) is 34.8 Å². The summed E-state index contributed by atoms with van der Waals surface area (Å²) >= 11 is 0. The first-order chi connectivity index (χ1) is 10.9. The zero-order valence-corrected chi connectivity index (χ0v) is 14.2. The molecular weight excluding hydrogens is 292 g/mol. The fourth-order valence-corrected chi connectivity index (χ4v) is 2.49. The Morgan fingerprint density at radius 1 is 1.35 bits per heavy atom. The minimum Gasteiger partial charge on any atom is -0.311 e. The van der Waals surface area contributed by atoms with Crippen molar-refractivity contribution in [2.75, 3.05) is 13.6 Å². The van der Waals surface area contributed by atoms with E-state index < -0.39 is 0 Å². The van der Waals surface area contributed by atoms with Crippen LogP contribution in [0.15, 0.2) is 34.0 Å². The Balaban J connectivity index is 2.00. The van der Waals surface area contributed by atoms with Gasteiger partial charge in [0.25, 0.3) is 5.56 Å². The molecule has 1 unspecified atom stereocenters. The number of aromatic amines is 1. The van der Waals surface area contributed by atoms with Crippen molar-refractivity contribution in [3.63, 3.8) is 0 Å². The highest BCUT2D eigenvalue weighted by molar-refractivity contribution is 5.18. The first-order valence-corrected chi connectivity index (χ1v) is 7.80. The Labute approximate surface area is 135 Å². The van der Waals surface area contributed by atoms with Crippen LogP contribution in [0.25, 0.3) is 0 Å². The number of nitrogens with zero attached hydrogens (tertiary/aromatic N) is 3. The van der Waals surface area contributed by atoms with Gasteiger partial charge in [-0.1, -0.05) is 6.07 Å². The lowest BCUT2D eigenvalue weighted by molar-refractivity contribution is 0.242. The molecule has 0 aliphatic carbocycles. The van der Waals surface area contributed by atoms with Crippen molar-refractivity contribution in [2.45, 2.75) is 39.8 Å². The third-order valence-corrected chi connectivity index (χ3v) is 4.19. The van der Waals surface area contributed by atoms with Crippen molar-refractivity contribution >= 4 is 0 Å². The maximum Gasteiger partial charge on any atom is 0.328 e. The largest absolute Gasteiger partial charge is 0.328 e. The van der Waals surface area contributed by atoms with Crippen LogP contribution in [0.2, 0.25) is 0 Å². The SMILES string of the molecule is Cc1cc(=O)n(CCN(C)C(C)Cc2ncccc2C)c(=O)[nH]1. The number of nitrogens with one attached hydrogen (secondary N) is 1. The summed E-state index contributed by atoms with van der Waals surface area (Å²) in [6.45, 7) is 6.88. The molecule has 2 aromatic rings. The zero-order valence-electron chi connectivity index (χ0n) is 14.2. The number of rotatable bonds is 6. The summed E-state index contributed by atoms with van der Waals surface area (Å²) in [6, 6.07) is 5.70. The first-order valence-electron chi connectivity index (χ1n) is 7.80. The second-order valence-electron chi connectivity index (χ2n) is 6.05. The van der Waals surface area contributed by atoms with Crippen molar-refractivity contribution in [3.8, 4) is 0 Å². The van der Waals surface area contributed by atoms with E-state index in [0.717, 1.165) is 12.1 Å². The predicted molar refractivity (Wildman–Crippen MR) is 90.8 cm³/mol. The molecule has 1 N–H and O–H groups in total. The van der Waals surface area contributed by atoms with Gasteiger partial charge in [0.15, 0.2) is 0 Å². The van der Waals surface area contributed by atoms with Gasteiger partial charge in [-0.25, -0.2) is 4.79 Å². The molecule has 0 saturated carbocycles. The second kappa shape index (κ2) is 7.37. The third-order valence-electron chi connectivity index (χ3n) is 4.19. The van der Waals surface area contributed by atoms with Crippen molar-refractivity contribution in [1.82, 2.24) is 19.4 Å². The molecule has 1 atom stereocenters. The zero-order chi connectivity index (χ0) is 17.0. The van der Waals surface area contributed by atoms with E-state index in [4.69, 9.17) is 0 Å². The van der Waals surface area contributed by atoms with Crippen LogP contribution < -0.4 is 11.2 Å². The topological polar surface area (TPSA) is 71.0 Å². The average Bonchev–Trinajstić information content (AvgIpc) is 2.48. The number of likely N-dealkylation sites (N-methyl/N-ethyl adjacent to an activating group) is 1. The van der Waals surface area contributed by atoms with Crippen LogP contribution in [0.3, 0.4) is 0 Å². The molecule has 6 nitrogen and oxygen atoms in total. The van der Waals surface area contributed by atoms with Crippen molar-refractivity contribution in [1.29, 1.82) is 0 Å². The van der Waals surface area contributed by atoms with E-state index in [1.165, 1.54) is 16.2 Å². The Bertz CT molecular complexity index is 747. The maximum absolute atomic E-state index is 11.9. The highest BCUT2D eigenvalue weighted by Crippen LogP contribution is 2.09. The van der Waals surface area contributed by atoms with Crippen LogP contribution in [0.5, 0.6) is 0 Å². The summed E-state index contributed by atoms with van der Waals surface area (Å²) in [5.74, 6) is 0. The predicted octanol–water partition coefficient (Wildman–Crippen LogP) is 1.11. The number of hydrogen-bond donors (Lipinski definition) is 1. The highest BCUT2D eigenvalue weighted by atomic mass is 16.2. The summed E-state index contributed by atoms with van der Waals surface area (Å²) in [4.78, 5) is 33.0. The Morgan fingerprint density at radius 2 is 2.09 bits per heavy atom. The van der Waals surface area contributed by atoms with Gasteiger partial charge < -0.3 is 9.88 Å². The van der Waals surface area contributed by atoms with Gasteiger partial charge in [0, 0.05) is 49.2 Å². The molecule has 0 aromatic carbocycles. The molecular formula is C17H24N4O2. The highest BCUT2D eigenvalue weighted by Gasteiger charge is 2.13. The monoisotopic (exact) mass is 316 g/mol. The van der Waals surface area contributed by atoms with E-state index in [1.54, 1.807) is 13.1 Å². The van der Waals surface area contributed by atoms with Gasteiger partial charge in [0.1, 0.15) is 0 Å². The minimum atomic E-state index is -0.350. The third kappa shape index (κ3) is 4.39. The maximum atomic E-state index is 11.9. The van der Waals surface area contributed by atoms with Crippen LogP contribution >= 0.6 is 0 Å². The van der Waals surface area contributed by atoms with Gasteiger partial charge in [-0.15, -0.1) is 0 Å². The molecule has 0 bridgehead atoms.